The van der Waals surface area contributed by atoms with Crippen LogP contribution in [0.4, 0.5) is 14.6 Å². The zero-order valence-corrected chi connectivity index (χ0v) is 20.0. The van der Waals surface area contributed by atoms with Crippen LogP contribution in [0.5, 0.6) is 0 Å². The van der Waals surface area contributed by atoms with Crippen molar-refractivity contribution in [2.75, 3.05) is 18.4 Å². The number of sulfonamides is 1. The SMILES string of the molecule is Cc1cc(C)cc(-n2nc(C)cc2NC(=O)C2CCN(S(=O)(=O)c3cc(F)ccc3F)CC2)c1. The number of aryl methyl sites for hydroxylation is 3. The predicted octanol–water partition coefficient (Wildman–Crippen LogP) is 4.12. The fourth-order valence-corrected chi connectivity index (χ4v) is 5.80. The van der Waals surface area contributed by atoms with E-state index in [1.807, 2.05) is 32.9 Å². The molecule has 2 aromatic carbocycles. The molecule has 0 atom stereocenters. The molecule has 10 heteroatoms. The van der Waals surface area contributed by atoms with E-state index in [-0.39, 0.29) is 31.8 Å². The lowest BCUT2D eigenvalue weighted by atomic mass is 9.97. The number of hydrogen-bond donors (Lipinski definition) is 1. The lowest BCUT2D eigenvalue weighted by molar-refractivity contribution is -0.120. The number of nitrogens with zero attached hydrogens (tertiary/aromatic N) is 3. The molecular formula is C24H26F2N4O3S. The number of benzene rings is 2. The van der Waals surface area contributed by atoms with E-state index in [4.69, 9.17) is 0 Å². The highest BCUT2D eigenvalue weighted by Crippen LogP contribution is 2.27. The second-order valence-corrected chi connectivity index (χ2v) is 10.6. The Morgan fingerprint density at radius 1 is 1.00 bits per heavy atom. The molecule has 3 aromatic rings. The molecule has 1 amide bonds. The van der Waals surface area contributed by atoms with Crippen LogP contribution in [0.15, 0.2) is 47.4 Å². The van der Waals surface area contributed by atoms with Gasteiger partial charge >= 0.3 is 0 Å². The summed E-state index contributed by atoms with van der Waals surface area (Å²) in [7, 11) is -4.20. The van der Waals surface area contributed by atoms with E-state index in [0.717, 1.165) is 38.9 Å². The number of piperidine rings is 1. The van der Waals surface area contributed by atoms with E-state index in [0.29, 0.717) is 11.9 Å². The minimum Gasteiger partial charge on any atom is -0.310 e. The van der Waals surface area contributed by atoms with Gasteiger partial charge in [-0.05, 0) is 75.1 Å². The number of nitrogens with one attached hydrogen (secondary N) is 1. The van der Waals surface area contributed by atoms with Crippen LogP contribution in [0, 0.1) is 38.3 Å². The van der Waals surface area contributed by atoms with Crippen molar-refractivity contribution < 1.29 is 22.0 Å². The minimum absolute atomic E-state index is 0.0335. The van der Waals surface area contributed by atoms with Crippen molar-refractivity contribution in [3.05, 3.63) is 70.9 Å². The summed E-state index contributed by atoms with van der Waals surface area (Å²) < 4.78 is 55.9. The van der Waals surface area contributed by atoms with Crippen molar-refractivity contribution in [2.24, 2.45) is 5.92 Å². The molecule has 0 saturated carbocycles. The second kappa shape index (κ2) is 9.27. The van der Waals surface area contributed by atoms with Crippen molar-refractivity contribution >= 4 is 21.7 Å². The van der Waals surface area contributed by atoms with Gasteiger partial charge in [0.15, 0.2) is 0 Å². The van der Waals surface area contributed by atoms with Gasteiger partial charge in [-0.15, -0.1) is 0 Å². The van der Waals surface area contributed by atoms with Gasteiger partial charge in [-0.2, -0.15) is 9.40 Å². The first-order valence-corrected chi connectivity index (χ1v) is 12.4. The van der Waals surface area contributed by atoms with Crippen molar-refractivity contribution in [1.82, 2.24) is 14.1 Å². The molecule has 0 unspecified atom stereocenters. The monoisotopic (exact) mass is 488 g/mol. The number of amides is 1. The van der Waals surface area contributed by atoms with Crippen molar-refractivity contribution in [3.8, 4) is 5.69 Å². The molecule has 1 aliphatic heterocycles. The first kappa shape index (κ1) is 24.0. The van der Waals surface area contributed by atoms with Gasteiger partial charge in [0, 0.05) is 25.1 Å². The van der Waals surface area contributed by atoms with Crippen molar-refractivity contribution in [3.63, 3.8) is 0 Å². The summed E-state index contributed by atoms with van der Waals surface area (Å²) in [5.41, 5.74) is 3.72. The molecule has 1 saturated heterocycles. The minimum atomic E-state index is -4.20. The Balaban J connectivity index is 1.46. The maximum absolute atomic E-state index is 14.1. The van der Waals surface area contributed by atoms with Gasteiger partial charge in [-0.1, -0.05) is 6.07 Å². The van der Waals surface area contributed by atoms with Gasteiger partial charge in [-0.3, -0.25) is 4.79 Å². The standard InChI is InChI=1S/C24H26F2N4O3S/c1-15-10-16(2)12-20(11-15)30-23(13-17(3)28-30)27-24(31)18-6-8-29(9-7-18)34(32,33)22-14-19(25)4-5-21(22)26/h4-5,10-14,18H,6-9H2,1-3H3,(H,27,31). The molecular weight excluding hydrogens is 462 g/mol. The summed E-state index contributed by atoms with van der Waals surface area (Å²) in [6, 6.07) is 10.1. The van der Waals surface area contributed by atoms with Gasteiger partial charge < -0.3 is 5.32 Å². The topological polar surface area (TPSA) is 84.3 Å². The number of carbonyl (C=O) groups is 1. The first-order valence-electron chi connectivity index (χ1n) is 11.0. The van der Waals surface area contributed by atoms with E-state index in [9.17, 15) is 22.0 Å². The van der Waals surface area contributed by atoms with Crippen LogP contribution >= 0.6 is 0 Å². The van der Waals surface area contributed by atoms with Crippen LogP contribution in [0.1, 0.15) is 29.7 Å². The molecule has 0 aliphatic carbocycles. The third-order valence-electron chi connectivity index (χ3n) is 5.87. The predicted molar refractivity (Wildman–Crippen MR) is 124 cm³/mol. The summed E-state index contributed by atoms with van der Waals surface area (Å²) in [5, 5.41) is 7.43. The number of rotatable bonds is 5. The number of aromatic nitrogens is 2. The highest BCUT2D eigenvalue weighted by Gasteiger charge is 2.34. The third-order valence-corrected chi connectivity index (χ3v) is 7.78. The Bertz CT molecular complexity index is 1330. The van der Waals surface area contributed by atoms with Crippen LogP contribution < -0.4 is 5.32 Å². The number of hydrogen-bond acceptors (Lipinski definition) is 4. The zero-order chi connectivity index (χ0) is 24.6. The quantitative estimate of drug-likeness (QED) is 0.586. The molecule has 34 heavy (non-hydrogen) atoms. The molecule has 1 aliphatic rings. The van der Waals surface area contributed by atoms with Crippen LogP contribution in [0.25, 0.3) is 5.69 Å². The number of anilines is 1. The fraction of sp³-hybridized carbons (Fsp3) is 0.333. The summed E-state index contributed by atoms with van der Waals surface area (Å²) in [5.74, 6) is -1.96. The van der Waals surface area contributed by atoms with Gasteiger partial charge in [0.1, 0.15) is 22.3 Å². The Labute approximate surface area is 197 Å². The van der Waals surface area contributed by atoms with Gasteiger partial charge in [0.25, 0.3) is 0 Å². The molecule has 180 valence electrons. The molecule has 7 nitrogen and oxygen atoms in total. The van der Waals surface area contributed by atoms with E-state index in [2.05, 4.69) is 16.5 Å². The number of halogens is 2. The molecule has 1 N–H and O–H groups in total. The third kappa shape index (κ3) is 4.88. The largest absolute Gasteiger partial charge is 0.310 e. The lowest BCUT2D eigenvalue weighted by Crippen LogP contribution is -2.41. The molecule has 4 rings (SSSR count). The highest BCUT2D eigenvalue weighted by atomic mass is 32.2. The summed E-state index contributed by atoms with van der Waals surface area (Å²) in [6.07, 6.45) is 0.525. The maximum Gasteiger partial charge on any atom is 0.246 e. The first-order chi connectivity index (χ1) is 16.0. The van der Waals surface area contributed by atoms with Gasteiger partial charge in [0.05, 0.1) is 11.4 Å². The molecule has 2 heterocycles. The second-order valence-electron chi connectivity index (χ2n) is 8.67. The van der Waals surface area contributed by atoms with E-state index >= 15 is 0 Å². The maximum atomic E-state index is 14.1. The van der Waals surface area contributed by atoms with E-state index in [1.54, 1.807) is 10.7 Å². The fourth-order valence-electron chi connectivity index (χ4n) is 4.26. The lowest BCUT2D eigenvalue weighted by Gasteiger charge is -2.30. The highest BCUT2D eigenvalue weighted by molar-refractivity contribution is 7.89. The molecule has 1 fully saturated rings. The van der Waals surface area contributed by atoms with Crippen LogP contribution in [-0.4, -0.2) is 41.5 Å². The zero-order valence-electron chi connectivity index (χ0n) is 19.2. The van der Waals surface area contributed by atoms with Crippen LogP contribution in [0.2, 0.25) is 0 Å². The van der Waals surface area contributed by atoms with Crippen LogP contribution in [0.3, 0.4) is 0 Å². The Morgan fingerprint density at radius 2 is 1.65 bits per heavy atom. The Kier molecular flexibility index (Phi) is 6.55. The average Bonchev–Trinajstić information content (AvgIpc) is 3.14. The van der Waals surface area contributed by atoms with Crippen molar-refractivity contribution in [1.29, 1.82) is 0 Å². The molecule has 1 aromatic heterocycles. The van der Waals surface area contributed by atoms with Crippen molar-refractivity contribution in [2.45, 2.75) is 38.5 Å². The molecule has 0 spiro atoms. The Hall–Kier alpha value is -3.11. The van der Waals surface area contributed by atoms with E-state index in [1.165, 1.54) is 0 Å². The normalized spacial score (nSPS) is 15.4. The summed E-state index contributed by atoms with van der Waals surface area (Å²) in [4.78, 5) is 12.3. The van der Waals surface area contributed by atoms with Gasteiger partial charge in [0.2, 0.25) is 15.9 Å². The smallest absolute Gasteiger partial charge is 0.246 e. The summed E-state index contributed by atoms with van der Waals surface area (Å²) >= 11 is 0. The average molecular weight is 489 g/mol. The summed E-state index contributed by atoms with van der Waals surface area (Å²) in [6.45, 7) is 5.88. The van der Waals surface area contributed by atoms with E-state index < -0.39 is 32.5 Å². The Morgan fingerprint density at radius 3 is 2.29 bits per heavy atom. The molecule has 0 radical (unpaired) electrons. The van der Waals surface area contributed by atoms with Crippen LogP contribution in [-0.2, 0) is 14.8 Å². The van der Waals surface area contributed by atoms with Gasteiger partial charge in [-0.25, -0.2) is 21.9 Å². The number of carbonyl (C=O) groups excluding carboxylic acids is 1. The molecule has 0 bridgehead atoms.